The van der Waals surface area contributed by atoms with E-state index in [-0.39, 0.29) is 23.0 Å². The molecule has 0 aromatic rings. The van der Waals surface area contributed by atoms with E-state index in [4.69, 9.17) is 0 Å². The van der Waals surface area contributed by atoms with Crippen LogP contribution in [0.5, 0.6) is 0 Å². The molecule has 1 N–H and O–H groups in total. The molecule has 2 rings (SSSR count). The molecule has 1 amide bonds. The van der Waals surface area contributed by atoms with E-state index in [9.17, 15) is 18.4 Å². The van der Waals surface area contributed by atoms with Crippen LogP contribution in [0.1, 0.15) is 46.5 Å². The lowest BCUT2D eigenvalue weighted by Crippen LogP contribution is -2.37. The van der Waals surface area contributed by atoms with Gasteiger partial charge in [-0.2, -0.15) is 8.78 Å². The fourth-order valence-corrected chi connectivity index (χ4v) is 2.77. The van der Waals surface area contributed by atoms with Crippen molar-refractivity contribution >= 4 is 17.4 Å². The minimum Gasteiger partial charge on any atom is -0.433 e. The molecule has 1 unspecified atom stereocenters. The number of aliphatic imine (C=N–C) groups is 1. The number of hydrogen-bond acceptors (Lipinski definition) is 4. The first kappa shape index (κ1) is 21.0. The van der Waals surface area contributed by atoms with Gasteiger partial charge < -0.3 is 10.1 Å². The number of nitrogens with one attached hydrogen (secondary N) is 1. The molecular formula is C20H26F2N2O3. The monoisotopic (exact) mass is 380 g/mol. The van der Waals surface area contributed by atoms with Crippen molar-refractivity contribution in [2.75, 3.05) is 7.05 Å². The maximum absolute atomic E-state index is 13.1. The summed E-state index contributed by atoms with van der Waals surface area (Å²) in [6.45, 7) is 4.16. The molecule has 0 radical (unpaired) electrons. The van der Waals surface area contributed by atoms with Crippen molar-refractivity contribution in [2.24, 2.45) is 10.9 Å². The van der Waals surface area contributed by atoms with Gasteiger partial charge >= 0.3 is 6.11 Å². The number of ether oxygens (including phenoxy) is 1. The zero-order chi connectivity index (χ0) is 20.2. The molecule has 0 aliphatic heterocycles. The van der Waals surface area contributed by atoms with Gasteiger partial charge in [0.15, 0.2) is 5.78 Å². The Balaban J connectivity index is 2.11. The Morgan fingerprint density at radius 2 is 2.07 bits per heavy atom. The quantitative estimate of drug-likeness (QED) is 0.302. The lowest BCUT2D eigenvalue weighted by molar-refractivity contribution is -0.195. The average Bonchev–Trinajstić information content (AvgIpc) is 3.42. The summed E-state index contributed by atoms with van der Waals surface area (Å²) in [5.41, 5.74) is 1.45. The fourth-order valence-electron chi connectivity index (χ4n) is 2.77. The van der Waals surface area contributed by atoms with Crippen LogP contribution in [0.3, 0.4) is 0 Å². The minimum absolute atomic E-state index is 0.0867. The summed E-state index contributed by atoms with van der Waals surface area (Å²) in [6, 6.07) is -0.412. The van der Waals surface area contributed by atoms with E-state index in [2.05, 4.69) is 15.0 Å². The molecule has 1 fully saturated rings. The van der Waals surface area contributed by atoms with E-state index in [0.29, 0.717) is 25.5 Å². The summed E-state index contributed by atoms with van der Waals surface area (Å²) < 4.78 is 30.7. The molecular weight excluding hydrogens is 354 g/mol. The van der Waals surface area contributed by atoms with Crippen LogP contribution in [0.2, 0.25) is 0 Å². The van der Waals surface area contributed by atoms with Crippen LogP contribution >= 0.6 is 0 Å². The Hall–Kier alpha value is -2.31. The predicted molar refractivity (Wildman–Crippen MR) is 99.6 cm³/mol. The van der Waals surface area contributed by atoms with E-state index in [1.54, 1.807) is 27.0 Å². The summed E-state index contributed by atoms with van der Waals surface area (Å²) in [6.07, 6.45) is 4.11. The van der Waals surface area contributed by atoms with Crippen LogP contribution in [0.4, 0.5) is 8.78 Å². The minimum atomic E-state index is -3.26. The molecule has 0 aromatic heterocycles. The number of nitrogens with zero attached hydrogens (tertiary/aromatic N) is 1. The second-order valence-electron chi connectivity index (χ2n) is 7.03. The second kappa shape index (κ2) is 8.59. The molecule has 1 atom stereocenters. The number of rotatable bonds is 8. The van der Waals surface area contributed by atoms with E-state index < -0.39 is 18.1 Å². The molecule has 0 heterocycles. The van der Waals surface area contributed by atoms with Gasteiger partial charge in [0.25, 0.3) is 5.91 Å². The third-order valence-corrected chi connectivity index (χ3v) is 4.47. The van der Waals surface area contributed by atoms with Gasteiger partial charge in [-0.15, -0.1) is 0 Å². The molecule has 0 aromatic carbocycles. The summed E-state index contributed by atoms with van der Waals surface area (Å²) in [5, 5.41) is 2.80. The summed E-state index contributed by atoms with van der Waals surface area (Å²) in [4.78, 5) is 29.1. The van der Waals surface area contributed by atoms with Gasteiger partial charge in [0.1, 0.15) is 5.76 Å². The van der Waals surface area contributed by atoms with E-state index in [1.807, 2.05) is 0 Å². The highest BCUT2D eigenvalue weighted by molar-refractivity contribution is 6.23. The molecule has 1 saturated carbocycles. The Morgan fingerprint density at radius 3 is 2.63 bits per heavy atom. The standard InChI is InChI=1S/C20H26F2N2O3/c1-12(23-4)10-17(18(25)14-8-9-14)19(26)24-13(2)15-6-5-7-16(11-15)27-20(3,21)22/h7,10-11,13-14H,5-6,8-9H2,1-4H3,(H,24,26)/b17-10?,23-12-. The first-order valence-corrected chi connectivity index (χ1v) is 9.08. The van der Waals surface area contributed by atoms with Gasteiger partial charge in [-0.1, -0.05) is 0 Å². The van der Waals surface area contributed by atoms with Crippen molar-refractivity contribution in [1.29, 1.82) is 0 Å². The lowest BCUT2D eigenvalue weighted by Gasteiger charge is -2.23. The van der Waals surface area contributed by atoms with Gasteiger partial charge in [-0.05, 0) is 63.3 Å². The van der Waals surface area contributed by atoms with Crippen molar-refractivity contribution < 1.29 is 23.1 Å². The van der Waals surface area contributed by atoms with Crippen molar-refractivity contribution in [3.63, 3.8) is 0 Å². The number of carbonyl (C=O) groups is 2. The SMILES string of the molecule is C/N=C(/C)C=C(C(=O)NC(C)C1=CC(OC(C)(F)F)=CCC1)C(=O)C1CC1. The van der Waals surface area contributed by atoms with Crippen molar-refractivity contribution in [3.8, 4) is 0 Å². The first-order valence-electron chi connectivity index (χ1n) is 9.08. The van der Waals surface area contributed by atoms with E-state index in [0.717, 1.165) is 18.4 Å². The van der Waals surface area contributed by atoms with Crippen molar-refractivity contribution in [1.82, 2.24) is 5.32 Å². The molecule has 0 saturated heterocycles. The third kappa shape index (κ3) is 6.41. The molecule has 0 bridgehead atoms. The lowest BCUT2D eigenvalue weighted by atomic mass is 9.97. The summed E-state index contributed by atoms with van der Waals surface area (Å²) in [5.74, 6) is -0.648. The Labute approximate surface area is 158 Å². The highest BCUT2D eigenvalue weighted by atomic mass is 19.3. The maximum atomic E-state index is 13.1. The maximum Gasteiger partial charge on any atom is 0.394 e. The second-order valence-corrected chi connectivity index (χ2v) is 7.03. The number of Topliss-reactive ketones (excluding diaryl/α,β-unsaturated/α-hetero) is 1. The van der Waals surface area contributed by atoms with Gasteiger partial charge in [-0.25, -0.2) is 0 Å². The molecule has 0 spiro atoms. The van der Waals surface area contributed by atoms with Crippen LogP contribution in [-0.4, -0.2) is 36.6 Å². The smallest absolute Gasteiger partial charge is 0.394 e. The Bertz CT molecular complexity index is 726. The number of hydrogen-bond donors (Lipinski definition) is 1. The Kier molecular flexibility index (Phi) is 6.68. The van der Waals surface area contributed by atoms with Gasteiger partial charge in [0.05, 0.1) is 5.57 Å². The summed E-state index contributed by atoms with van der Waals surface area (Å²) >= 11 is 0. The predicted octanol–water partition coefficient (Wildman–Crippen LogP) is 3.72. The van der Waals surface area contributed by atoms with Crippen molar-refractivity contribution in [2.45, 2.75) is 58.6 Å². The number of ketones is 1. The van der Waals surface area contributed by atoms with Crippen LogP contribution in [-0.2, 0) is 14.3 Å². The molecule has 27 heavy (non-hydrogen) atoms. The fraction of sp³-hybridized carbons (Fsp3) is 0.550. The zero-order valence-corrected chi connectivity index (χ0v) is 16.1. The number of carbonyl (C=O) groups excluding carboxylic acids is 2. The first-order chi connectivity index (χ1) is 12.6. The van der Waals surface area contributed by atoms with E-state index in [1.165, 1.54) is 12.2 Å². The largest absolute Gasteiger partial charge is 0.433 e. The third-order valence-electron chi connectivity index (χ3n) is 4.47. The number of allylic oxidation sites excluding steroid dienone is 3. The number of amides is 1. The average molecular weight is 380 g/mol. The highest BCUT2D eigenvalue weighted by Gasteiger charge is 2.35. The Morgan fingerprint density at radius 1 is 1.41 bits per heavy atom. The van der Waals surface area contributed by atoms with Crippen LogP contribution in [0, 0.1) is 5.92 Å². The molecule has 2 aliphatic carbocycles. The zero-order valence-electron chi connectivity index (χ0n) is 16.1. The van der Waals surface area contributed by atoms with Crippen molar-refractivity contribution in [3.05, 3.63) is 35.1 Å². The molecule has 2 aliphatic rings. The highest BCUT2D eigenvalue weighted by Crippen LogP contribution is 2.32. The van der Waals surface area contributed by atoms with Crippen LogP contribution < -0.4 is 5.32 Å². The summed E-state index contributed by atoms with van der Waals surface area (Å²) in [7, 11) is 1.59. The van der Waals surface area contributed by atoms with Gasteiger partial charge in [0, 0.05) is 31.6 Å². The normalized spacial score (nSPS) is 19.8. The number of halogens is 2. The van der Waals surface area contributed by atoms with Crippen LogP contribution in [0.15, 0.2) is 40.1 Å². The van der Waals surface area contributed by atoms with Crippen LogP contribution in [0.25, 0.3) is 0 Å². The van der Waals surface area contributed by atoms with E-state index >= 15 is 0 Å². The van der Waals surface area contributed by atoms with Gasteiger partial charge in [0.2, 0.25) is 0 Å². The number of alkyl halides is 2. The molecule has 5 nitrogen and oxygen atoms in total. The molecule has 7 heteroatoms. The topological polar surface area (TPSA) is 67.8 Å². The molecule has 148 valence electrons. The van der Waals surface area contributed by atoms with Gasteiger partial charge in [-0.3, -0.25) is 14.6 Å².